The molecule has 0 radical (unpaired) electrons. The molecule has 0 fully saturated rings. The third-order valence-electron chi connectivity index (χ3n) is 5.91. The van der Waals surface area contributed by atoms with Gasteiger partial charge in [-0.3, -0.25) is 19.5 Å². The van der Waals surface area contributed by atoms with E-state index in [1.807, 2.05) is 0 Å². The number of carbonyl (C=O) groups excluding carboxylic acids is 2. The summed E-state index contributed by atoms with van der Waals surface area (Å²) in [4.78, 5) is 23.8. The molecule has 0 bridgehead atoms. The predicted molar refractivity (Wildman–Crippen MR) is 142 cm³/mol. The Morgan fingerprint density at radius 2 is 1.26 bits per heavy atom. The van der Waals surface area contributed by atoms with Crippen LogP contribution in [0.4, 0.5) is 0 Å². The fourth-order valence-corrected chi connectivity index (χ4v) is 5.74. The molecule has 0 aliphatic heterocycles. The van der Waals surface area contributed by atoms with Crippen LogP contribution in [0.3, 0.4) is 0 Å². The topological polar surface area (TPSA) is 135 Å². The highest BCUT2D eigenvalue weighted by molar-refractivity contribution is 14.2. The second-order valence-corrected chi connectivity index (χ2v) is 12.7. The average molecular weight is 626 g/mol. The molecular weight excluding hydrogens is 585 g/mol. The first kappa shape index (κ1) is 31.6. The molecule has 0 aromatic heterocycles. The smallest absolute Gasteiger partial charge is 0.292 e. The first-order chi connectivity index (χ1) is 16.7. The highest BCUT2D eigenvalue weighted by atomic mass is 127. The van der Waals surface area contributed by atoms with Gasteiger partial charge in [-0.2, -0.15) is 8.42 Å². The zero-order chi connectivity index (χ0) is 26.1. The van der Waals surface area contributed by atoms with Gasteiger partial charge in [-0.1, -0.05) is 96.8 Å². The molecule has 0 aliphatic rings. The van der Waals surface area contributed by atoms with Gasteiger partial charge in [-0.05, 0) is 24.6 Å². The number of nitrogens with one attached hydrogen (secondary N) is 1. The molecule has 0 unspecified atom stereocenters. The van der Waals surface area contributed by atoms with E-state index in [9.17, 15) is 24.1 Å². The molecule has 8 nitrogen and oxygen atoms in total. The van der Waals surface area contributed by atoms with Gasteiger partial charge in [-0.25, -0.2) is 6.14 Å². The first-order valence-corrected chi connectivity index (χ1v) is 17.0. The van der Waals surface area contributed by atoms with E-state index >= 15 is 0 Å². The summed E-state index contributed by atoms with van der Waals surface area (Å²) in [6.45, 7) is 2.24. The Bertz CT molecular complexity index is 966. The van der Waals surface area contributed by atoms with Crippen LogP contribution in [0, 0.1) is 3.57 Å². The SMILES string of the molecule is CCCCCCCCCCCCCCCCCC(=O)NC(=O)c1cc(S(=O)(=O)O)ccc1I(=O)=O. The molecule has 2 amide bonds. The zero-order valence-electron chi connectivity index (χ0n) is 20.7. The molecule has 200 valence electrons. The van der Waals surface area contributed by atoms with Gasteiger partial charge in [-0.15, -0.1) is 0 Å². The van der Waals surface area contributed by atoms with Gasteiger partial charge >= 0.3 is 19.8 Å². The van der Waals surface area contributed by atoms with Gasteiger partial charge in [0.2, 0.25) is 5.91 Å². The number of halogens is 1. The second-order valence-electron chi connectivity index (χ2n) is 8.91. The van der Waals surface area contributed by atoms with Crippen LogP contribution in [0.5, 0.6) is 0 Å². The normalized spacial score (nSPS) is 11.6. The van der Waals surface area contributed by atoms with Crippen LogP contribution in [0.1, 0.15) is 120 Å². The highest BCUT2D eigenvalue weighted by Gasteiger charge is 2.21. The molecule has 0 saturated carbocycles. The van der Waals surface area contributed by atoms with Crippen LogP contribution < -0.4 is 5.32 Å². The van der Waals surface area contributed by atoms with E-state index in [2.05, 4.69) is 12.2 Å². The zero-order valence-corrected chi connectivity index (χ0v) is 23.7. The summed E-state index contributed by atoms with van der Waals surface area (Å²) >= 11 is -4.13. The molecule has 0 saturated heterocycles. The Labute approximate surface area is 216 Å². The molecule has 0 spiro atoms. The lowest BCUT2D eigenvalue weighted by molar-refractivity contribution is -0.120. The van der Waals surface area contributed by atoms with Crippen molar-refractivity contribution in [2.75, 3.05) is 0 Å². The maximum absolute atomic E-state index is 12.4. The highest BCUT2D eigenvalue weighted by Crippen LogP contribution is 2.25. The van der Waals surface area contributed by atoms with Gasteiger partial charge in [0.05, 0.1) is 14.0 Å². The summed E-state index contributed by atoms with van der Waals surface area (Å²) in [5.41, 5.74) is -0.458. The minimum Gasteiger partial charge on any atom is -0.292 e. The number of rotatable bonds is 19. The predicted octanol–water partition coefficient (Wildman–Crippen LogP) is 6.82. The van der Waals surface area contributed by atoms with Crippen LogP contribution in [-0.4, -0.2) is 24.8 Å². The van der Waals surface area contributed by atoms with Crippen molar-refractivity contribution in [2.45, 2.75) is 115 Å². The largest absolute Gasteiger partial charge is 0.341 e. The number of unbranched alkanes of at least 4 members (excludes halogenated alkanes) is 14. The number of amides is 2. The van der Waals surface area contributed by atoms with Crippen molar-refractivity contribution in [3.63, 3.8) is 0 Å². The Morgan fingerprint density at radius 1 is 0.800 bits per heavy atom. The third-order valence-corrected chi connectivity index (χ3v) is 8.65. The molecular formula is C25H40INO7S. The number of hydrogen-bond donors (Lipinski definition) is 2. The molecule has 2 N–H and O–H groups in total. The van der Waals surface area contributed by atoms with Gasteiger partial charge in [0.25, 0.3) is 16.0 Å². The van der Waals surface area contributed by atoms with Crippen molar-refractivity contribution in [3.05, 3.63) is 27.3 Å². The minimum atomic E-state index is -4.62. The van der Waals surface area contributed by atoms with Crippen molar-refractivity contribution >= 4 is 41.7 Å². The van der Waals surface area contributed by atoms with E-state index in [1.165, 1.54) is 70.6 Å². The number of benzene rings is 1. The molecule has 1 rings (SSSR count). The number of carbonyl (C=O) groups is 2. The summed E-state index contributed by atoms with van der Waals surface area (Å²) in [5.74, 6) is -1.55. The summed E-state index contributed by atoms with van der Waals surface area (Å²) < 4.78 is 54.3. The summed E-state index contributed by atoms with van der Waals surface area (Å²) in [6.07, 6.45) is 18.1. The fourth-order valence-electron chi connectivity index (χ4n) is 3.89. The third kappa shape index (κ3) is 14.1. The van der Waals surface area contributed by atoms with Crippen LogP contribution >= 0.6 is 19.8 Å². The Kier molecular flexibility index (Phi) is 16.2. The lowest BCUT2D eigenvalue weighted by Gasteiger charge is -2.07. The van der Waals surface area contributed by atoms with Crippen molar-refractivity contribution < 1.29 is 28.7 Å². The quantitative estimate of drug-likeness (QED) is 0.0979. The standard InChI is InChI=1S/C25H40INO7S/c1-2-3-4-5-6-7-8-9-10-11-12-13-14-15-16-17-24(28)27-25(29)22-20-21(35(32,33)34)18-19-23(22)26(30)31/h18-20H,2-17H2,1H3,(H,27,28,29)(H,32,33,34). The molecule has 1 aromatic rings. The lowest BCUT2D eigenvalue weighted by atomic mass is 10.0. The van der Waals surface area contributed by atoms with E-state index in [0.717, 1.165) is 37.5 Å². The van der Waals surface area contributed by atoms with E-state index in [4.69, 9.17) is 4.55 Å². The Morgan fingerprint density at radius 3 is 1.69 bits per heavy atom. The van der Waals surface area contributed by atoms with Crippen molar-refractivity contribution in [1.29, 1.82) is 0 Å². The molecule has 35 heavy (non-hydrogen) atoms. The van der Waals surface area contributed by atoms with E-state index in [0.29, 0.717) is 6.42 Å². The van der Waals surface area contributed by atoms with Crippen molar-refractivity contribution in [1.82, 2.24) is 5.32 Å². The van der Waals surface area contributed by atoms with Crippen LogP contribution in [-0.2, 0) is 21.1 Å². The summed E-state index contributed by atoms with van der Waals surface area (Å²) in [5, 5.41) is 2.11. The molecule has 10 heteroatoms. The van der Waals surface area contributed by atoms with Crippen LogP contribution in [0.2, 0.25) is 0 Å². The van der Waals surface area contributed by atoms with E-state index in [-0.39, 0.29) is 9.99 Å². The number of imide groups is 1. The molecule has 0 aliphatic carbocycles. The monoisotopic (exact) mass is 625 g/mol. The van der Waals surface area contributed by atoms with Gasteiger partial charge in [0.15, 0.2) is 0 Å². The minimum absolute atomic E-state index is 0.119. The van der Waals surface area contributed by atoms with Crippen LogP contribution in [0.25, 0.3) is 0 Å². The van der Waals surface area contributed by atoms with Gasteiger partial charge in [0, 0.05) is 6.42 Å². The summed E-state index contributed by atoms with van der Waals surface area (Å²) in [7, 11) is -4.62. The van der Waals surface area contributed by atoms with E-state index in [1.54, 1.807) is 0 Å². The fraction of sp³-hybridized carbons (Fsp3) is 0.680. The van der Waals surface area contributed by atoms with E-state index < -0.39 is 52.2 Å². The molecule has 0 heterocycles. The van der Waals surface area contributed by atoms with Crippen LogP contribution in [0.15, 0.2) is 23.1 Å². The molecule has 1 aromatic carbocycles. The Balaban J connectivity index is 2.21. The van der Waals surface area contributed by atoms with Crippen molar-refractivity contribution in [3.8, 4) is 0 Å². The molecule has 0 atom stereocenters. The second kappa shape index (κ2) is 17.9. The maximum Gasteiger partial charge on any atom is 0.341 e. The first-order valence-electron chi connectivity index (χ1n) is 12.7. The Hall–Kier alpha value is -1.40. The number of hydrogen-bond acceptors (Lipinski definition) is 6. The average Bonchev–Trinajstić information content (AvgIpc) is 2.80. The van der Waals surface area contributed by atoms with Gasteiger partial charge < -0.3 is 0 Å². The summed E-state index contributed by atoms with van der Waals surface area (Å²) in [6, 6.07) is 2.61. The van der Waals surface area contributed by atoms with Gasteiger partial charge in [0.1, 0.15) is 0 Å². The maximum atomic E-state index is 12.4. The lowest BCUT2D eigenvalue weighted by Crippen LogP contribution is -2.31. The van der Waals surface area contributed by atoms with Crippen molar-refractivity contribution in [2.24, 2.45) is 0 Å².